The minimum absolute atomic E-state index is 0.0556. The molecule has 0 aliphatic rings. The summed E-state index contributed by atoms with van der Waals surface area (Å²) in [4.78, 5) is 0. The molecule has 0 amide bonds. The maximum atomic E-state index is 11.7. The van der Waals surface area contributed by atoms with Crippen LogP contribution >= 0.6 is 0 Å². The first-order valence-electron chi connectivity index (χ1n) is 4.66. The summed E-state index contributed by atoms with van der Waals surface area (Å²) in [5, 5.41) is 2.32. The highest BCUT2D eigenvalue weighted by Crippen LogP contribution is 2.19. The second-order valence-corrected chi connectivity index (χ2v) is 4.55. The van der Waals surface area contributed by atoms with Gasteiger partial charge in [0.15, 0.2) is 0 Å². The summed E-state index contributed by atoms with van der Waals surface area (Å²) in [5.41, 5.74) is 5.72. The fourth-order valence-corrected chi connectivity index (χ4v) is 0.921. The van der Waals surface area contributed by atoms with Gasteiger partial charge in [-0.2, -0.15) is 13.2 Å². The van der Waals surface area contributed by atoms with E-state index in [1.807, 2.05) is 20.8 Å². The summed E-state index contributed by atoms with van der Waals surface area (Å²) in [6.45, 7) is 5.28. The Labute approximate surface area is 83.0 Å². The zero-order valence-corrected chi connectivity index (χ0v) is 8.91. The fraction of sp³-hybridized carbons (Fsp3) is 1.00. The molecule has 0 aromatic rings. The number of halogens is 3. The zero-order valence-electron chi connectivity index (χ0n) is 8.91. The van der Waals surface area contributed by atoms with E-state index in [9.17, 15) is 13.2 Å². The van der Waals surface area contributed by atoms with Crippen molar-refractivity contribution >= 4 is 0 Å². The molecule has 0 aliphatic heterocycles. The Kier molecular flexibility index (Phi) is 4.88. The number of hydrogen-bond donors (Lipinski definition) is 2. The number of rotatable bonds is 4. The first-order valence-corrected chi connectivity index (χ1v) is 4.66. The minimum Gasteiger partial charge on any atom is -0.327 e. The molecule has 0 radical (unpaired) electrons. The molecule has 3 N–H and O–H groups in total. The highest BCUT2D eigenvalue weighted by atomic mass is 19.4. The molecule has 2 nitrogen and oxygen atoms in total. The third-order valence-electron chi connectivity index (χ3n) is 2.07. The van der Waals surface area contributed by atoms with Gasteiger partial charge < -0.3 is 11.1 Å². The molecule has 0 saturated carbocycles. The summed E-state index contributed by atoms with van der Waals surface area (Å²) in [6, 6.07) is -0.0803. The molecule has 86 valence electrons. The molecule has 0 aromatic heterocycles. The number of nitrogens with one attached hydrogen (secondary N) is 1. The predicted molar refractivity (Wildman–Crippen MR) is 51.0 cm³/mol. The van der Waals surface area contributed by atoms with E-state index in [1.165, 1.54) is 0 Å². The predicted octanol–water partition coefficient (Wildman–Crippen LogP) is 1.90. The molecule has 1 unspecified atom stereocenters. The summed E-state index contributed by atoms with van der Waals surface area (Å²) in [5.74, 6) is 0. The molecule has 0 rings (SSSR count). The quantitative estimate of drug-likeness (QED) is 0.698. The van der Waals surface area contributed by atoms with Crippen LogP contribution in [0.25, 0.3) is 0 Å². The van der Waals surface area contributed by atoms with Gasteiger partial charge in [-0.3, -0.25) is 0 Å². The van der Waals surface area contributed by atoms with Crippen LogP contribution in [0.3, 0.4) is 0 Å². The van der Waals surface area contributed by atoms with Gasteiger partial charge in [0.25, 0.3) is 0 Å². The summed E-state index contributed by atoms with van der Waals surface area (Å²) < 4.78 is 35.2. The van der Waals surface area contributed by atoms with E-state index in [2.05, 4.69) is 5.32 Å². The van der Waals surface area contributed by atoms with Crippen molar-refractivity contribution in [3.8, 4) is 0 Å². The average molecular weight is 212 g/mol. The Morgan fingerprint density at radius 3 is 2.07 bits per heavy atom. The van der Waals surface area contributed by atoms with Crippen LogP contribution in [0.2, 0.25) is 0 Å². The lowest BCUT2D eigenvalue weighted by molar-refractivity contribution is -0.124. The molecule has 5 heteroatoms. The van der Waals surface area contributed by atoms with Crippen molar-refractivity contribution in [1.29, 1.82) is 0 Å². The lowest BCUT2D eigenvalue weighted by Gasteiger charge is -2.27. The lowest BCUT2D eigenvalue weighted by atomic mass is 9.85. The van der Waals surface area contributed by atoms with Crippen LogP contribution in [0.1, 0.15) is 27.2 Å². The summed E-state index contributed by atoms with van der Waals surface area (Å²) >= 11 is 0. The fourth-order valence-electron chi connectivity index (χ4n) is 0.921. The van der Waals surface area contributed by atoms with Gasteiger partial charge in [0.2, 0.25) is 0 Å². The molecule has 0 aromatic carbocycles. The highest BCUT2D eigenvalue weighted by Gasteiger charge is 2.26. The SMILES string of the molecule is CC(C)(C)C(N)CCNCC(F)(F)F. The van der Waals surface area contributed by atoms with Gasteiger partial charge in [0, 0.05) is 6.04 Å². The van der Waals surface area contributed by atoms with Crippen molar-refractivity contribution in [2.24, 2.45) is 11.1 Å². The summed E-state index contributed by atoms with van der Waals surface area (Å²) in [6.07, 6.45) is -3.58. The second kappa shape index (κ2) is 4.98. The van der Waals surface area contributed by atoms with Crippen LogP contribution in [0.15, 0.2) is 0 Å². The van der Waals surface area contributed by atoms with Crippen molar-refractivity contribution in [3.63, 3.8) is 0 Å². The number of alkyl halides is 3. The normalized spacial score (nSPS) is 15.6. The van der Waals surface area contributed by atoms with Gasteiger partial charge in [0.05, 0.1) is 6.54 Å². The standard InChI is InChI=1S/C9H19F3N2/c1-8(2,3)7(13)4-5-14-6-9(10,11)12/h7,14H,4-6,13H2,1-3H3. The number of hydrogen-bond acceptors (Lipinski definition) is 2. The molecule has 0 heterocycles. The van der Waals surface area contributed by atoms with Crippen LogP contribution in [0.5, 0.6) is 0 Å². The van der Waals surface area contributed by atoms with Crippen molar-refractivity contribution in [1.82, 2.24) is 5.32 Å². The second-order valence-electron chi connectivity index (χ2n) is 4.55. The Morgan fingerprint density at radius 1 is 1.21 bits per heavy atom. The molecule has 0 fully saturated rings. The molecule has 0 aliphatic carbocycles. The zero-order chi connectivity index (χ0) is 11.4. The lowest BCUT2D eigenvalue weighted by Crippen LogP contribution is -2.39. The smallest absolute Gasteiger partial charge is 0.327 e. The Hall–Kier alpha value is -0.290. The van der Waals surface area contributed by atoms with Gasteiger partial charge in [-0.05, 0) is 18.4 Å². The molecular weight excluding hydrogens is 193 g/mol. The third kappa shape index (κ3) is 7.15. The third-order valence-corrected chi connectivity index (χ3v) is 2.07. The largest absolute Gasteiger partial charge is 0.401 e. The van der Waals surface area contributed by atoms with Crippen molar-refractivity contribution < 1.29 is 13.2 Å². The first kappa shape index (κ1) is 13.7. The van der Waals surface area contributed by atoms with E-state index in [0.29, 0.717) is 13.0 Å². The van der Waals surface area contributed by atoms with Crippen LogP contribution in [-0.2, 0) is 0 Å². The molecule has 1 atom stereocenters. The summed E-state index contributed by atoms with van der Waals surface area (Å²) in [7, 11) is 0. The van der Waals surface area contributed by atoms with Gasteiger partial charge in [-0.25, -0.2) is 0 Å². The van der Waals surface area contributed by atoms with E-state index in [4.69, 9.17) is 5.73 Å². The molecule has 0 saturated heterocycles. The van der Waals surface area contributed by atoms with Crippen LogP contribution in [0.4, 0.5) is 13.2 Å². The van der Waals surface area contributed by atoms with Crippen LogP contribution in [-0.4, -0.2) is 25.3 Å². The van der Waals surface area contributed by atoms with Gasteiger partial charge in [0.1, 0.15) is 0 Å². The van der Waals surface area contributed by atoms with Crippen LogP contribution in [0, 0.1) is 5.41 Å². The maximum Gasteiger partial charge on any atom is 0.401 e. The topological polar surface area (TPSA) is 38.0 Å². The van der Waals surface area contributed by atoms with Crippen molar-refractivity contribution in [3.05, 3.63) is 0 Å². The monoisotopic (exact) mass is 212 g/mol. The van der Waals surface area contributed by atoms with Gasteiger partial charge in [-0.1, -0.05) is 20.8 Å². The average Bonchev–Trinajstić information content (AvgIpc) is 1.93. The van der Waals surface area contributed by atoms with E-state index in [1.54, 1.807) is 0 Å². The van der Waals surface area contributed by atoms with Crippen molar-refractivity contribution in [2.45, 2.75) is 39.4 Å². The van der Waals surface area contributed by atoms with E-state index in [0.717, 1.165) is 0 Å². The van der Waals surface area contributed by atoms with E-state index >= 15 is 0 Å². The molecule has 14 heavy (non-hydrogen) atoms. The van der Waals surface area contributed by atoms with Crippen LogP contribution < -0.4 is 11.1 Å². The molecule has 0 spiro atoms. The minimum atomic E-state index is -4.13. The highest BCUT2D eigenvalue weighted by molar-refractivity contribution is 4.77. The van der Waals surface area contributed by atoms with Gasteiger partial charge in [-0.15, -0.1) is 0 Å². The molecular formula is C9H19F3N2. The maximum absolute atomic E-state index is 11.7. The molecule has 0 bridgehead atoms. The van der Waals surface area contributed by atoms with Gasteiger partial charge >= 0.3 is 6.18 Å². The van der Waals surface area contributed by atoms with Crippen molar-refractivity contribution in [2.75, 3.05) is 13.1 Å². The number of nitrogens with two attached hydrogens (primary N) is 1. The van der Waals surface area contributed by atoms with E-state index in [-0.39, 0.29) is 11.5 Å². The Morgan fingerprint density at radius 2 is 1.71 bits per heavy atom. The Balaban J connectivity index is 3.56. The Bertz CT molecular complexity index is 160. The first-order chi connectivity index (χ1) is 6.13. The van der Waals surface area contributed by atoms with E-state index < -0.39 is 12.7 Å².